The normalized spacial score (nSPS) is 17.6. The molecule has 2 rings (SSSR count). The van der Waals surface area contributed by atoms with Crippen LogP contribution in [0.5, 0.6) is 0 Å². The fourth-order valence-corrected chi connectivity index (χ4v) is 3.11. The molecule has 6 nitrogen and oxygen atoms in total. The summed E-state index contributed by atoms with van der Waals surface area (Å²) < 4.78 is 24.0. The van der Waals surface area contributed by atoms with Gasteiger partial charge in [-0.15, -0.1) is 0 Å². The molecule has 7 heteroatoms. The summed E-state index contributed by atoms with van der Waals surface area (Å²) in [4.78, 5) is 13.6. The van der Waals surface area contributed by atoms with Gasteiger partial charge in [-0.05, 0) is 49.5 Å². The number of likely N-dealkylation sites (tertiary alicyclic amines) is 1. The quantitative estimate of drug-likeness (QED) is 0.791. The molecule has 0 saturated carbocycles. The van der Waals surface area contributed by atoms with E-state index in [2.05, 4.69) is 0 Å². The Morgan fingerprint density at radius 1 is 1.29 bits per heavy atom. The number of nitrogen functional groups attached to an aromatic ring is 1. The van der Waals surface area contributed by atoms with Gasteiger partial charge in [-0.3, -0.25) is 14.4 Å². The van der Waals surface area contributed by atoms with Crippen LogP contribution in [-0.2, 0) is 14.8 Å². The lowest BCUT2D eigenvalue weighted by molar-refractivity contribution is -0.120. The zero-order chi connectivity index (χ0) is 15.5. The van der Waals surface area contributed by atoms with Gasteiger partial charge in [0.05, 0.1) is 12.8 Å². The van der Waals surface area contributed by atoms with E-state index < -0.39 is 15.9 Å². The number of amides is 1. The van der Waals surface area contributed by atoms with E-state index in [-0.39, 0.29) is 6.54 Å². The van der Waals surface area contributed by atoms with Crippen LogP contribution in [0.2, 0.25) is 0 Å². The van der Waals surface area contributed by atoms with E-state index in [0.29, 0.717) is 5.92 Å². The Kier molecular flexibility index (Phi) is 4.84. The standard InChI is InChI=1S/C14H21N3O3S/c1-21(19,20)16-14(18)10-17-8-6-12(7-9-17)11-2-4-13(15)5-3-11/h2-5,12H,6-10,15H2,1H3,(H,16,18). The highest BCUT2D eigenvalue weighted by atomic mass is 32.2. The first-order valence-corrected chi connectivity index (χ1v) is 8.81. The molecule has 0 spiro atoms. The average Bonchev–Trinajstić information content (AvgIpc) is 2.38. The minimum Gasteiger partial charge on any atom is -0.399 e. The van der Waals surface area contributed by atoms with E-state index in [9.17, 15) is 13.2 Å². The van der Waals surface area contributed by atoms with E-state index in [4.69, 9.17) is 5.73 Å². The van der Waals surface area contributed by atoms with E-state index in [1.54, 1.807) is 0 Å². The summed E-state index contributed by atoms with van der Waals surface area (Å²) in [5.41, 5.74) is 7.71. The lowest BCUT2D eigenvalue weighted by Gasteiger charge is -2.31. The largest absolute Gasteiger partial charge is 0.399 e. The summed E-state index contributed by atoms with van der Waals surface area (Å²) in [6.07, 6.45) is 2.89. The number of benzene rings is 1. The van der Waals surface area contributed by atoms with Crippen LogP contribution in [0.25, 0.3) is 0 Å². The molecule has 1 aliphatic rings. The van der Waals surface area contributed by atoms with Gasteiger partial charge in [0.2, 0.25) is 15.9 Å². The third-order valence-electron chi connectivity index (χ3n) is 3.66. The highest BCUT2D eigenvalue weighted by Gasteiger charge is 2.22. The maximum Gasteiger partial charge on any atom is 0.247 e. The number of rotatable bonds is 4. The molecule has 3 N–H and O–H groups in total. The highest BCUT2D eigenvalue weighted by molar-refractivity contribution is 7.89. The molecule has 1 amide bonds. The van der Waals surface area contributed by atoms with Crippen molar-refractivity contribution in [3.05, 3.63) is 29.8 Å². The second kappa shape index (κ2) is 6.44. The van der Waals surface area contributed by atoms with Crippen LogP contribution in [0.4, 0.5) is 5.69 Å². The van der Waals surface area contributed by atoms with E-state index in [0.717, 1.165) is 37.9 Å². The Morgan fingerprint density at radius 3 is 2.38 bits per heavy atom. The number of carbonyl (C=O) groups excluding carboxylic acids is 1. The number of hydrogen-bond acceptors (Lipinski definition) is 5. The third-order valence-corrected chi connectivity index (χ3v) is 4.26. The van der Waals surface area contributed by atoms with Crippen LogP contribution in [0, 0.1) is 0 Å². The molecule has 1 fully saturated rings. The first-order chi connectivity index (χ1) is 9.83. The van der Waals surface area contributed by atoms with Gasteiger partial charge in [0.15, 0.2) is 0 Å². The van der Waals surface area contributed by atoms with Crippen molar-refractivity contribution in [1.82, 2.24) is 9.62 Å². The molecule has 0 aromatic heterocycles. The Bertz CT molecular complexity index is 590. The Morgan fingerprint density at radius 2 is 1.86 bits per heavy atom. The molecule has 1 aromatic rings. The number of anilines is 1. The van der Waals surface area contributed by atoms with Crippen LogP contribution in [0.15, 0.2) is 24.3 Å². The highest BCUT2D eigenvalue weighted by Crippen LogP contribution is 2.28. The van der Waals surface area contributed by atoms with Crippen LogP contribution >= 0.6 is 0 Å². The van der Waals surface area contributed by atoms with Crippen molar-refractivity contribution >= 4 is 21.6 Å². The molecule has 1 saturated heterocycles. The first-order valence-electron chi connectivity index (χ1n) is 6.92. The average molecular weight is 311 g/mol. The number of piperidine rings is 1. The van der Waals surface area contributed by atoms with Gasteiger partial charge in [0.1, 0.15) is 0 Å². The molecule has 0 atom stereocenters. The lowest BCUT2D eigenvalue weighted by Crippen LogP contribution is -2.42. The van der Waals surface area contributed by atoms with Gasteiger partial charge in [0.25, 0.3) is 0 Å². The molecule has 0 radical (unpaired) electrons. The molecule has 1 heterocycles. The van der Waals surface area contributed by atoms with Crippen molar-refractivity contribution in [2.45, 2.75) is 18.8 Å². The van der Waals surface area contributed by atoms with E-state index in [1.165, 1.54) is 5.56 Å². The zero-order valence-electron chi connectivity index (χ0n) is 12.1. The third kappa shape index (κ3) is 5.02. The second-order valence-electron chi connectivity index (χ2n) is 5.51. The van der Waals surface area contributed by atoms with Crippen molar-refractivity contribution in [3.63, 3.8) is 0 Å². The van der Waals surface area contributed by atoms with Gasteiger partial charge in [0, 0.05) is 5.69 Å². The second-order valence-corrected chi connectivity index (χ2v) is 7.26. The Balaban J connectivity index is 1.83. The summed E-state index contributed by atoms with van der Waals surface area (Å²) >= 11 is 0. The molecule has 0 unspecified atom stereocenters. The van der Waals surface area contributed by atoms with Crippen LogP contribution in [-0.4, -0.2) is 45.1 Å². The number of carbonyl (C=O) groups is 1. The number of nitrogens with zero attached hydrogens (tertiary/aromatic N) is 1. The maximum absolute atomic E-state index is 11.6. The lowest BCUT2D eigenvalue weighted by atomic mass is 9.89. The molecular weight excluding hydrogens is 290 g/mol. The van der Waals surface area contributed by atoms with Crippen molar-refractivity contribution in [3.8, 4) is 0 Å². The van der Waals surface area contributed by atoms with Crippen molar-refractivity contribution in [2.75, 3.05) is 31.6 Å². The predicted molar refractivity (Wildman–Crippen MR) is 82.3 cm³/mol. The molecular formula is C14H21N3O3S. The summed E-state index contributed by atoms with van der Waals surface area (Å²) in [6, 6.07) is 7.90. The minimum atomic E-state index is -3.47. The Hall–Kier alpha value is -1.60. The number of nitrogens with one attached hydrogen (secondary N) is 1. The molecule has 1 aromatic carbocycles. The number of sulfonamides is 1. The summed E-state index contributed by atoms with van der Waals surface area (Å²) in [7, 11) is -3.47. The smallest absolute Gasteiger partial charge is 0.247 e. The van der Waals surface area contributed by atoms with Gasteiger partial charge in [-0.2, -0.15) is 0 Å². The van der Waals surface area contributed by atoms with Crippen molar-refractivity contribution in [1.29, 1.82) is 0 Å². The molecule has 0 aliphatic carbocycles. The predicted octanol–water partition coefficient (Wildman–Crippen LogP) is 0.524. The molecule has 1 aliphatic heterocycles. The summed E-state index contributed by atoms with van der Waals surface area (Å²) in [5.74, 6) is 0.00301. The van der Waals surface area contributed by atoms with Gasteiger partial charge >= 0.3 is 0 Å². The number of nitrogens with two attached hydrogens (primary N) is 1. The van der Waals surface area contributed by atoms with Crippen LogP contribution < -0.4 is 10.5 Å². The molecule has 0 bridgehead atoms. The monoisotopic (exact) mass is 311 g/mol. The fourth-order valence-electron chi connectivity index (χ4n) is 2.63. The summed E-state index contributed by atoms with van der Waals surface area (Å²) in [5, 5.41) is 0. The van der Waals surface area contributed by atoms with E-state index in [1.807, 2.05) is 33.9 Å². The van der Waals surface area contributed by atoms with Crippen molar-refractivity contribution in [2.24, 2.45) is 0 Å². The fraction of sp³-hybridized carbons (Fsp3) is 0.500. The van der Waals surface area contributed by atoms with Gasteiger partial charge < -0.3 is 5.73 Å². The molecule has 116 valence electrons. The van der Waals surface area contributed by atoms with Crippen LogP contribution in [0.1, 0.15) is 24.3 Å². The Labute approximate surface area is 125 Å². The SMILES string of the molecule is CS(=O)(=O)NC(=O)CN1CCC(c2ccc(N)cc2)CC1. The van der Waals surface area contributed by atoms with Gasteiger partial charge in [-0.1, -0.05) is 12.1 Å². The summed E-state index contributed by atoms with van der Waals surface area (Å²) in [6.45, 7) is 1.69. The van der Waals surface area contributed by atoms with Crippen molar-refractivity contribution < 1.29 is 13.2 Å². The zero-order valence-corrected chi connectivity index (χ0v) is 12.9. The topological polar surface area (TPSA) is 92.5 Å². The molecule has 21 heavy (non-hydrogen) atoms. The van der Waals surface area contributed by atoms with E-state index >= 15 is 0 Å². The van der Waals surface area contributed by atoms with Gasteiger partial charge in [-0.25, -0.2) is 8.42 Å². The maximum atomic E-state index is 11.6. The number of hydrogen-bond donors (Lipinski definition) is 2. The minimum absolute atomic E-state index is 0.127. The van der Waals surface area contributed by atoms with Crippen LogP contribution in [0.3, 0.4) is 0 Å². The first kappa shape index (κ1) is 15.8.